The summed E-state index contributed by atoms with van der Waals surface area (Å²) in [6.45, 7) is 1.10. The van der Waals surface area contributed by atoms with E-state index in [1.54, 1.807) is 0 Å². The Morgan fingerprint density at radius 3 is 1.44 bits per heavy atom. The van der Waals surface area contributed by atoms with Gasteiger partial charge in [0.05, 0.1) is 0 Å². The lowest BCUT2D eigenvalue weighted by Crippen LogP contribution is -2.06. The summed E-state index contributed by atoms with van der Waals surface area (Å²) >= 11 is 0. The van der Waals surface area contributed by atoms with E-state index >= 15 is 0 Å². The van der Waals surface area contributed by atoms with Gasteiger partial charge in [-0.05, 0) is 0 Å². The Labute approximate surface area is 95.7 Å². The van der Waals surface area contributed by atoms with Crippen LogP contribution in [-0.2, 0) is 13.1 Å². The molecule has 2 nitrogen and oxygen atoms in total. The SMILES string of the molecule is [N-]=[N+](Cc1ccccc1)Cc1ccccc1. The maximum Gasteiger partial charge on any atom is 0.157 e. The number of hydrogen-bond donors (Lipinski definition) is 0. The lowest BCUT2D eigenvalue weighted by molar-refractivity contribution is -0.580. The first kappa shape index (κ1) is 10.6. The zero-order chi connectivity index (χ0) is 11.2. The van der Waals surface area contributed by atoms with Crippen molar-refractivity contribution in [1.29, 1.82) is 0 Å². The van der Waals surface area contributed by atoms with E-state index in [9.17, 15) is 5.53 Å². The highest BCUT2D eigenvalue weighted by molar-refractivity contribution is 5.14. The minimum absolute atomic E-state index is 0.551. The fraction of sp³-hybridized carbons (Fsp3) is 0.143. The summed E-state index contributed by atoms with van der Waals surface area (Å²) in [6, 6.07) is 19.9. The van der Waals surface area contributed by atoms with E-state index in [0.717, 1.165) is 11.1 Å². The van der Waals surface area contributed by atoms with E-state index in [1.165, 1.54) is 4.70 Å². The van der Waals surface area contributed by atoms with Crippen molar-refractivity contribution in [2.75, 3.05) is 0 Å². The minimum Gasteiger partial charge on any atom is -0.506 e. The second-order valence-electron chi connectivity index (χ2n) is 3.79. The molecular formula is C14H14N2. The van der Waals surface area contributed by atoms with Crippen molar-refractivity contribution in [3.63, 3.8) is 0 Å². The smallest absolute Gasteiger partial charge is 0.157 e. The van der Waals surface area contributed by atoms with Crippen LogP contribution < -0.4 is 0 Å². The number of rotatable bonds is 4. The predicted octanol–water partition coefficient (Wildman–Crippen LogP) is 3.42. The minimum atomic E-state index is 0.551. The molecule has 0 aliphatic heterocycles. The highest BCUT2D eigenvalue weighted by Gasteiger charge is 2.00. The third-order valence-corrected chi connectivity index (χ3v) is 2.42. The molecule has 0 atom stereocenters. The molecule has 16 heavy (non-hydrogen) atoms. The molecule has 0 aliphatic carbocycles. The zero-order valence-electron chi connectivity index (χ0n) is 9.08. The van der Waals surface area contributed by atoms with Crippen LogP contribution in [0.2, 0.25) is 0 Å². The Morgan fingerprint density at radius 2 is 1.06 bits per heavy atom. The van der Waals surface area contributed by atoms with Crippen molar-refractivity contribution in [2.24, 2.45) is 0 Å². The number of benzene rings is 2. The third-order valence-electron chi connectivity index (χ3n) is 2.42. The summed E-state index contributed by atoms with van der Waals surface area (Å²) in [5, 5.41) is 0. The van der Waals surface area contributed by atoms with Gasteiger partial charge < -0.3 is 10.2 Å². The molecule has 0 amide bonds. The molecule has 0 bridgehead atoms. The average molecular weight is 210 g/mol. The maximum absolute atomic E-state index is 9.79. The summed E-state index contributed by atoms with van der Waals surface area (Å²) in [7, 11) is 0. The van der Waals surface area contributed by atoms with Crippen molar-refractivity contribution in [1.82, 2.24) is 0 Å². The highest BCUT2D eigenvalue weighted by atomic mass is 15.2. The Hall–Kier alpha value is -1.96. The average Bonchev–Trinajstić information content (AvgIpc) is 2.31. The van der Waals surface area contributed by atoms with Crippen LogP contribution in [0.25, 0.3) is 5.53 Å². The fourth-order valence-corrected chi connectivity index (χ4v) is 1.64. The van der Waals surface area contributed by atoms with Gasteiger partial charge in [-0.15, -0.1) is 0 Å². The topological polar surface area (TPSA) is 25.3 Å². The summed E-state index contributed by atoms with van der Waals surface area (Å²) in [5.74, 6) is 0. The Balaban J connectivity index is 1.95. The van der Waals surface area contributed by atoms with Crippen molar-refractivity contribution >= 4 is 0 Å². The van der Waals surface area contributed by atoms with Crippen molar-refractivity contribution < 1.29 is 4.70 Å². The summed E-state index contributed by atoms with van der Waals surface area (Å²) in [6.07, 6.45) is 0. The van der Waals surface area contributed by atoms with Crippen LogP contribution in [-0.4, -0.2) is 4.70 Å². The third kappa shape index (κ3) is 3.02. The molecule has 0 saturated carbocycles. The monoisotopic (exact) mass is 210 g/mol. The van der Waals surface area contributed by atoms with Crippen LogP contribution in [0.1, 0.15) is 11.1 Å². The summed E-state index contributed by atoms with van der Waals surface area (Å²) in [5.41, 5.74) is 12.0. The van der Waals surface area contributed by atoms with Gasteiger partial charge in [0.15, 0.2) is 13.1 Å². The standard InChI is InChI=1S/C14H14N2/c15-16(11-13-7-3-1-4-8-13)12-14-9-5-2-6-10-14/h1-10H,11-12H2. The van der Waals surface area contributed by atoms with Gasteiger partial charge in [0.2, 0.25) is 0 Å². The van der Waals surface area contributed by atoms with Gasteiger partial charge in [0.25, 0.3) is 0 Å². The van der Waals surface area contributed by atoms with Gasteiger partial charge in [-0.2, -0.15) is 0 Å². The van der Waals surface area contributed by atoms with Crippen LogP contribution in [0.4, 0.5) is 0 Å². The first-order valence-electron chi connectivity index (χ1n) is 5.36. The highest BCUT2D eigenvalue weighted by Crippen LogP contribution is 2.05. The van der Waals surface area contributed by atoms with E-state index in [4.69, 9.17) is 0 Å². The van der Waals surface area contributed by atoms with Crippen LogP contribution >= 0.6 is 0 Å². The molecule has 0 radical (unpaired) electrons. The molecule has 0 unspecified atom stereocenters. The van der Waals surface area contributed by atoms with Gasteiger partial charge >= 0.3 is 0 Å². The molecule has 2 aromatic carbocycles. The van der Waals surface area contributed by atoms with E-state index < -0.39 is 0 Å². The quantitative estimate of drug-likeness (QED) is 0.546. The van der Waals surface area contributed by atoms with Crippen LogP contribution in [0.5, 0.6) is 0 Å². The van der Waals surface area contributed by atoms with Crippen LogP contribution in [0, 0.1) is 0 Å². The molecule has 0 N–H and O–H groups in total. The van der Waals surface area contributed by atoms with E-state index in [1.807, 2.05) is 60.7 Å². The molecule has 2 rings (SSSR count). The van der Waals surface area contributed by atoms with Gasteiger partial charge in [-0.3, -0.25) is 0 Å². The number of hydrogen-bond acceptors (Lipinski definition) is 0. The summed E-state index contributed by atoms with van der Waals surface area (Å²) in [4.78, 5) is 0. The molecule has 0 heterocycles. The van der Waals surface area contributed by atoms with E-state index in [-0.39, 0.29) is 0 Å². The Morgan fingerprint density at radius 1 is 0.688 bits per heavy atom. The first-order chi connectivity index (χ1) is 7.84. The van der Waals surface area contributed by atoms with Crippen molar-refractivity contribution in [3.05, 3.63) is 77.3 Å². The molecule has 2 heteroatoms. The zero-order valence-corrected chi connectivity index (χ0v) is 9.08. The normalized spacial score (nSPS) is 10.0. The molecule has 0 aromatic heterocycles. The number of nitrogens with zero attached hydrogens (tertiary/aromatic N) is 2. The lowest BCUT2D eigenvalue weighted by atomic mass is 10.2. The molecule has 0 fully saturated rings. The molecule has 0 saturated heterocycles. The maximum atomic E-state index is 9.79. The molecule has 2 aromatic rings. The van der Waals surface area contributed by atoms with Crippen LogP contribution in [0.15, 0.2) is 60.7 Å². The van der Waals surface area contributed by atoms with Gasteiger partial charge in [0, 0.05) is 11.1 Å². The Bertz CT molecular complexity index is 405. The largest absolute Gasteiger partial charge is 0.506 e. The molecule has 80 valence electrons. The fourth-order valence-electron chi connectivity index (χ4n) is 1.64. The van der Waals surface area contributed by atoms with Gasteiger partial charge in [-0.25, -0.2) is 0 Å². The predicted molar refractivity (Wildman–Crippen MR) is 63.9 cm³/mol. The van der Waals surface area contributed by atoms with Crippen LogP contribution in [0.3, 0.4) is 0 Å². The van der Waals surface area contributed by atoms with E-state index in [0.29, 0.717) is 13.1 Å². The summed E-state index contributed by atoms with van der Waals surface area (Å²) < 4.78 is 1.32. The van der Waals surface area contributed by atoms with Crippen molar-refractivity contribution in [3.8, 4) is 0 Å². The molecular weight excluding hydrogens is 196 g/mol. The van der Waals surface area contributed by atoms with E-state index in [2.05, 4.69) is 0 Å². The van der Waals surface area contributed by atoms with Gasteiger partial charge in [-0.1, -0.05) is 60.7 Å². The second kappa shape index (κ2) is 5.21. The first-order valence-corrected chi connectivity index (χ1v) is 5.36. The second-order valence-corrected chi connectivity index (χ2v) is 3.79. The van der Waals surface area contributed by atoms with Crippen molar-refractivity contribution in [2.45, 2.75) is 13.1 Å². The molecule has 0 spiro atoms. The molecule has 0 aliphatic rings. The Kier molecular flexibility index (Phi) is 3.44. The van der Waals surface area contributed by atoms with Gasteiger partial charge in [0.1, 0.15) is 0 Å². The lowest BCUT2D eigenvalue weighted by Gasteiger charge is -2.07.